The molecule has 0 spiro atoms. The second-order valence-electron chi connectivity index (χ2n) is 7.07. The quantitative estimate of drug-likeness (QED) is 0.542. The van der Waals surface area contributed by atoms with E-state index in [4.69, 9.17) is 4.74 Å². The molecule has 1 atom stereocenters. The van der Waals surface area contributed by atoms with Crippen LogP contribution in [0.3, 0.4) is 0 Å². The normalized spacial score (nSPS) is 12.1. The summed E-state index contributed by atoms with van der Waals surface area (Å²) in [4.78, 5) is 0. The van der Waals surface area contributed by atoms with Crippen LogP contribution in [0.15, 0.2) is 78.9 Å². The maximum Gasteiger partial charge on any atom is 0.121 e. The van der Waals surface area contributed by atoms with Gasteiger partial charge in [-0.15, -0.1) is 0 Å². The Morgan fingerprint density at radius 3 is 1.93 bits per heavy atom. The third-order valence-corrected chi connectivity index (χ3v) is 5.21. The van der Waals surface area contributed by atoms with Crippen LogP contribution in [0.5, 0.6) is 5.75 Å². The molecule has 3 aromatic rings. The molecule has 2 nitrogen and oxygen atoms in total. The highest BCUT2D eigenvalue weighted by Gasteiger charge is 2.14. The first-order valence-corrected chi connectivity index (χ1v) is 9.67. The molecule has 2 heteroatoms. The Morgan fingerprint density at radius 2 is 1.41 bits per heavy atom. The van der Waals surface area contributed by atoms with Crippen LogP contribution in [-0.2, 0) is 0 Å². The Bertz CT molecular complexity index is 790. The molecule has 27 heavy (non-hydrogen) atoms. The van der Waals surface area contributed by atoms with Gasteiger partial charge in [0.25, 0.3) is 0 Å². The molecule has 0 aliphatic heterocycles. The summed E-state index contributed by atoms with van der Waals surface area (Å²) in [6.45, 7) is 5.28. The Morgan fingerprint density at radius 1 is 0.815 bits per heavy atom. The molecule has 0 amide bonds. The van der Waals surface area contributed by atoms with Crippen molar-refractivity contribution in [1.29, 1.82) is 0 Å². The number of ether oxygens (including phenoxy) is 1. The van der Waals surface area contributed by atoms with Crippen LogP contribution in [-0.4, -0.2) is 13.7 Å². The highest BCUT2D eigenvalue weighted by Crippen LogP contribution is 2.28. The van der Waals surface area contributed by atoms with Crippen molar-refractivity contribution in [2.24, 2.45) is 0 Å². The number of hydrogen-bond acceptors (Lipinski definition) is 2. The molecule has 0 saturated carbocycles. The first-order valence-electron chi connectivity index (χ1n) is 9.67. The van der Waals surface area contributed by atoms with E-state index < -0.39 is 0 Å². The number of hydrogen-bond donors (Lipinski definition) is 1. The fraction of sp³-hybridized carbons (Fsp3) is 0.280. The Balaban J connectivity index is 1.66. The fourth-order valence-electron chi connectivity index (χ4n) is 3.63. The van der Waals surface area contributed by atoms with E-state index in [2.05, 4.69) is 98.0 Å². The molecule has 1 N–H and O–H groups in total. The van der Waals surface area contributed by atoms with Crippen molar-refractivity contribution in [2.45, 2.75) is 32.2 Å². The lowest BCUT2D eigenvalue weighted by molar-refractivity contribution is 0.411. The zero-order valence-electron chi connectivity index (χ0n) is 16.5. The zero-order chi connectivity index (χ0) is 19.1. The third kappa shape index (κ3) is 4.99. The number of nitrogens with one attached hydrogen (secondary N) is 1. The predicted molar refractivity (Wildman–Crippen MR) is 113 cm³/mol. The predicted octanol–water partition coefficient (Wildman–Crippen LogP) is 5.88. The second-order valence-corrected chi connectivity index (χ2v) is 7.07. The number of rotatable bonds is 8. The molecule has 0 aliphatic rings. The van der Waals surface area contributed by atoms with Crippen LogP contribution in [0.4, 0.5) is 0 Å². The lowest BCUT2D eigenvalue weighted by atomic mass is 9.88. The topological polar surface area (TPSA) is 21.3 Å². The van der Waals surface area contributed by atoms with Gasteiger partial charge >= 0.3 is 0 Å². The van der Waals surface area contributed by atoms with Crippen molar-refractivity contribution in [2.75, 3.05) is 13.7 Å². The number of aryl methyl sites for hydroxylation is 1. The van der Waals surface area contributed by atoms with Crippen LogP contribution in [0.25, 0.3) is 0 Å². The van der Waals surface area contributed by atoms with Crippen molar-refractivity contribution in [3.05, 3.63) is 101 Å². The van der Waals surface area contributed by atoms with E-state index in [-0.39, 0.29) is 0 Å². The largest absolute Gasteiger partial charge is 0.496 e. The molecule has 0 bridgehead atoms. The molecule has 0 aliphatic carbocycles. The van der Waals surface area contributed by atoms with Gasteiger partial charge in [0.1, 0.15) is 5.75 Å². The van der Waals surface area contributed by atoms with E-state index in [1.54, 1.807) is 7.11 Å². The molecule has 140 valence electrons. The van der Waals surface area contributed by atoms with E-state index in [0.717, 1.165) is 18.7 Å². The SMILES string of the molecule is COc1ccc(C(C)NCCC(c2ccccc2)c2ccccc2)cc1C. The molecule has 0 saturated heterocycles. The monoisotopic (exact) mass is 359 g/mol. The van der Waals surface area contributed by atoms with Gasteiger partial charge in [0.2, 0.25) is 0 Å². The summed E-state index contributed by atoms with van der Waals surface area (Å²) in [7, 11) is 1.72. The van der Waals surface area contributed by atoms with Gasteiger partial charge in [-0.25, -0.2) is 0 Å². The van der Waals surface area contributed by atoms with Gasteiger partial charge in [0.15, 0.2) is 0 Å². The standard InChI is InChI=1S/C25H29NO/c1-19-18-23(14-15-25(19)27-3)20(2)26-17-16-24(21-10-6-4-7-11-21)22-12-8-5-9-13-22/h4-15,18,20,24,26H,16-17H2,1-3H3. The van der Waals surface area contributed by atoms with Crippen molar-refractivity contribution in [3.8, 4) is 5.75 Å². The highest BCUT2D eigenvalue weighted by molar-refractivity contribution is 5.37. The Hall–Kier alpha value is -2.58. The van der Waals surface area contributed by atoms with Crippen LogP contribution < -0.4 is 10.1 Å². The smallest absolute Gasteiger partial charge is 0.121 e. The number of benzene rings is 3. The van der Waals surface area contributed by atoms with Gasteiger partial charge in [0.05, 0.1) is 7.11 Å². The minimum absolute atomic E-state index is 0.307. The minimum Gasteiger partial charge on any atom is -0.496 e. The molecule has 0 aromatic heterocycles. The van der Waals surface area contributed by atoms with Gasteiger partial charge < -0.3 is 10.1 Å². The van der Waals surface area contributed by atoms with Gasteiger partial charge in [-0.05, 0) is 55.1 Å². The second kappa shape index (κ2) is 9.38. The van der Waals surface area contributed by atoms with E-state index >= 15 is 0 Å². The molecular weight excluding hydrogens is 330 g/mol. The first kappa shape index (κ1) is 19.2. The van der Waals surface area contributed by atoms with Crippen LogP contribution >= 0.6 is 0 Å². The van der Waals surface area contributed by atoms with E-state index in [1.165, 1.54) is 22.3 Å². The maximum atomic E-state index is 5.37. The van der Waals surface area contributed by atoms with E-state index in [1.807, 2.05) is 0 Å². The zero-order valence-corrected chi connectivity index (χ0v) is 16.5. The van der Waals surface area contributed by atoms with Gasteiger partial charge in [-0.2, -0.15) is 0 Å². The Labute approximate surface area is 163 Å². The summed E-state index contributed by atoms with van der Waals surface area (Å²) >= 11 is 0. The van der Waals surface area contributed by atoms with Crippen LogP contribution in [0, 0.1) is 6.92 Å². The molecule has 3 rings (SSSR count). The van der Waals surface area contributed by atoms with Crippen LogP contribution in [0.1, 0.15) is 47.6 Å². The summed E-state index contributed by atoms with van der Waals surface area (Å²) < 4.78 is 5.37. The summed E-state index contributed by atoms with van der Waals surface area (Å²) in [6, 6.07) is 28.3. The summed E-state index contributed by atoms with van der Waals surface area (Å²) in [5.41, 5.74) is 5.22. The molecule has 0 radical (unpaired) electrons. The maximum absolute atomic E-state index is 5.37. The summed E-state index contributed by atoms with van der Waals surface area (Å²) in [5.74, 6) is 1.35. The third-order valence-electron chi connectivity index (χ3n) is 5.21. The Kier molecular flexibility index (Phi) is 6.67. The molecule has 0 fully saturated rings. The lowest BCUT2D eigenvalue weighted by Gasteiger charge is -2.21. The highest BCUT2D eigenvalue weighted by atomic mass is 16.5. The molecular formula is C25H29NO. The van der Waals surface area contributed by atoms with Crippen molar-refractivity contribution in [1.82, 2.24) is 5.32 Å². The lowest BCUT2D eigenvalue weighted by Crippen LogP contribution is -2.22. The van der Waals surface area contributed by atoms with Crippen molar-refractivity contribution in [3.63, 3.8) is 0 Å². The first-order chi connectivity index (χ1) is 13.2. The van der Waals surface area contributed by atoms with Gasteiger partial charge in [0, 0.05) is 12.0 Å². The molecule has 0 heterocycles. The fourth-order valence-corrected chi connectivity index (χ4v) is 3.63. The summed E-state index contributed by atoms with van der Waals surface area (Å²) in [5, 5.41) is 3.69. The van der Waals surface area contributed by atoms with E-state index in [9.17, 15) is 0 Å². The molecule has 3 aromatic carbocycles. The van der Waals surface area contributed by atoms with Gasteiger partial charge in [-0.1, -0.05) is 72.8 Å². The average molecular weight is 360 g/mol. The van der Waals surface area contributed by atoms with Crippen molar-refractivity contribution >= 4 is 0 Å². The number of methoxy groups -OCH3 is 1. The molecule has 1 unspecified atom stereocenters. The minimum atomic E-state index is 0.307. The summed E-state index contributed by atoms with van der Waals surface area (Å²) in [6.07, 6.45) is 1.06. The van der Waals surface area contributed by atoms with Crippen molar-refractivity contribution < 1.29 is 4.74 Å². The average Bonchev–Trinajstić information content (AvgIpc) is 2.72. The van der Waals surface area contributed by atoms with Crippen LogP contribution in [0.2, 0.25) is 0 Å². The van der Waals surface area contributed by atoms with Gasteiger partial charge in [-0.3, -0.25) is 0 Å². The van der Waals surface area contributed by atoms with E-state index in [0.29, 0.717) is 12.0 Å².